The monoisotopic (exact) mass is 473 g/mol. The molecule has 31 heavy (non-hydrogen) atoms. The molecule has 182 valence electrons. The quantitative estimate of drug-likeness (QED) is 0.125. The van der Waals surface area contributed by atoms with Gasteiger partial charge in [0.1, 0.15) is 61.5 Å². The van der Waals surface area contributed by atoms with E-state index in [1.165, 1.54) is 0 Å². The summed E-state index contributed by atoms with van der Waals surface area (Å²) in [5, 5.41) is 69.2. The Hall–Kier alpha value is -0.620. The van der Waals surface area contributed by atoms with Crippen molar-refractivity contribution in [2.45, 2.75) is 86.0 Å². The lowest BCUT2D eigenvalue weighted by atomic mass is 9.97. The molecular formula is C17H31NO12S. The number of hydrogen-bond donors (Lipinski definition) is 9. The predicted molar refractivity (Wildman–Crippen MR) is 104 cm³/mol. The highest BCUT2D eigenvalue weighted by atomic mass is 32.1. The summed E-state index contributed by atoms with van der Waals surface area (Å²) >= 11 is 4.19. The van der Waals surface area contributed by atoms with E-state index in [1.54, 1.807) is 13.8 Å². The van der Waals surface area contributed by atoms with Crippen LogP contribution in [0.25, 0.3) is 0 Å². The maximum atomic E-state index is 12.1. The lowest BCUT2D eigenvalue weighted by Crippen LogP contribution is -2.64. The maximum Gasteiger partial charge on any atom is 0.324 e. The van der Waals surface area contributed by atoms with Crippen LogP contribution in [0.4, 0.5) is 0 Å². The molecule has 0 aromatic rings. The molecule has 0 bridgehead atoms. The fourth-order valence-electron chi connectivity index (χ4n) is 3.10. The highest BCUT2D eigenvalue weighted by Gasteiger charge is 2.50. The molecule has 11 atom stereocenters. The molecule has 2 heterocycles. The number of nitrogens with two attached hydrogens (primary N) is 1. The van der Waals surface area contributed by atoms with E-state index in [0.29, 0.717) is 0 Å². The summed E-state index contributed by atoms with van der Waals surface area (Å²) < 4.78 is 20.0. The normalized spacial score (nSPS) is 42.8. The summed E-state index contributed by atoms with van der Waals surface area (Å²) in [5.74, 6) is -0.856. The Balaban J connectivity index is 2.14. The molecule has 2 saturated heterocycles. The Morgan fingerprint density at radius 1 is 1.00 bits per heavy atom. The molecule has 0 saturated carbocycles. The second kappa shape index (κ2) is 10.5. The molecule has 2 rings (SSSR count). The van der Waals surface area contributed by atoms with Crippen molar-refractivity contribution in [3.05, 3.63) is 0 Å². The van der Waals surface area contributed by atoms with E-state index in [4.69, 9.17) is 24.7 Å². The standard InChI is InChI=1S/C17H31NO12S/c1-17(2,31)13(18)15(26)27-4-6-12(9(22)10(23)14(25)28-6)30-16-11(24)8(21)7(20)5(3-19)29-16/h5-14,16,19-25,31H,3-4,18H2,1-2H3/t5-,6-,7+,8+,9-,10-,11-,12?,13+,14+,16+/m1/s1. The van der Waals surface area contributed by atoms with Crippen LogP contribution in [0.2, 0.25) is 0 Å². The molecule has 0 spiro atoms. The van der Waals surface area contributed by atoms with Crippen LogP contribution in [0.1, 0.15) is 13.8 Å². The van der Waals surface area contributed by atoms with E-state index in [1.807, 2.05) is 0 Å². The van der Waals surface area contributed by atoms with Gasteiger partial charge < -0.3 is 60.4 Å². The molecule has 0 aromatic heterocycles. The van der Waals surface area contributed by atoms with E-state index in [9.17, 15) is 40.5 Å². The Bertz CT molecular complexity index is 604. The first kappa shape index (κ1) is 26.6. The third-order valence-corrected chi connectivity index (χ3v) is 5.48. The number of aliphatic hydroxyl groups is 7. The van der Waals surface area contributed by atoms with Crippen molar-refractivity contribution in [3.8, 4) is 0 Å². The largest absolute Gasteiger partial charge is 0.462 e. The third-order valence-electron chi connectivity index (χ3n) is 5.20. The molecule has 13 nitrogen and oxygen atoms in total. The van der Waals surface area contributed by atoms with Gasteiger partial charge in [-0.2, -0.15) is 12.6 Å². The van der Waals surface area contributed by atoms with Crippen molar-refractivity contribution in [2.24, 2.45) is 5.73 Å². The average Bonchev–Trinajstić information content (AvgIpc) is 2.71. The molecule has 1 unspecified atom stereocenters. The number of hydrogen-bond acceptors (Lipinski definition) is 14. The van der Waals surface area contributed by atoms with E-state index in [2.05, 4.69) is 12.6 Å². The van der Waals surface area contributed by atoms with Crippen molar-refractivity contribution in [3.63, 3.8) is 0 Å². The van der Waals surface area contributed by atoms with Crippen molar-refractivity contribution < 1.29 is 59.5 Å². The molecule has 2 aliphatic heterocycles. The summed E-state index contributed by atoms with van der Waals surface area (Å²) in [6, 6.07) is -1.12. The van der Waals surface area contributed by atoms with Gasteiger partial charge in [-0.15, -0.1) is 0 Å². The van der Waals surface area contributed by atoms with Crippen LogP contribution in [-0.4, -0.2) is 127 Å². The molecule has 0 radical (unpaired) electrons. The van der Waals surface area contributed by atoms with Crippen LogP contribution in [0, 0.1) is 0 Å². The first-order valence-electron chi connectivity index (χ1n) is 9.59. The molecule has 9 N–H and O–H groups in total. The number of thiol groups is 1. The van der Waals surface area contributed by atoms with Crippen LogP contribution < -0.4 is 5.73 Å². The van der Waals surface area contributed by atoms with Gasteiger partial charge in [0, 0.05) is 4.75 Å². The number of esters is 1. The Morgan fingerprint density at radius 2 is 1.61 bits per heavy atom. The fourth-order valence-corrected chi connectivity index (χ4v) is 3.20. The van der Waals surface area contributed by atoms with Gasteiger partial charge >= 0.3 is 5.97 Å². The Kier molecular flexibility index (Phi) is 9.06. The van der Waals surface area contributed by atoms with Gasteiger partial charge in [0.15, 0.2) is 12.6 Å². The minimum absolute atomic E-state index is 0.570. The highest BCUT2D eigenvalue weighted by molar-refractivity contribution is 7.81. The summed E-state index contributed by atoms with van der Waals surface area (Å²) in [7, 11) is 0. The maximum absolute atomic E-state index is 12.1. The first-order chi connectivity index (χ1) is 14.3. The number of rotatable bonds is 7. The van der Waals surface area contributed by atoms with Crippen LogP contribution in [-0.2, 0) is 23.7 Å². The third kappa shape index (κ3) is 6.04. The molecule has 0 amide bonds. The predicted octanol–water partition coefficient (Wildman–Crippen LogP) is -4.81. The average molecular weight is 473 g/mol. The minimum atomic E-state index is -1.84. The summed E-state index contributed by atoms with van der Waals surface area (Å²) in [4.78, 5) is 12.1. The summed E-state index contributed by atoms with van der Waals surface area (Å²) in [6.07, 6.45) is -16.4. The lowest BCUT2D eigenvalue weighted by Gasteiger charge is -2.45. The van der Waals surface area contributed by atoms with Crippen LogP contribution in [0.15, 0.2) is 0 Å². The van der Waals surface area contributed by atoms with Crippen molar-refractivity contribution in [2.75, 3.05) is 13.2 Å². The second-order valence-electron chi connectivity index (χ2n) is 8.11. The summed E-state index contributed by atoms with van der Waals surface area (Å²) in [6.45, 7) is 1.90. The van der Waals surface area contributed by atoms with Crippen LogP contribution >= 0.6 is 12.6 Å². The van der Waals surface area contributed by atoms with Gasteiger partial charge in [-0.1, -0.05) is 0 Å². The molecule has 2 fully saturated rings. The van der Waals surface area contributed by atoms with Gasteiger partial charge in [0.2, 0.25) is 0 Å². The number of carbonyl (C=O) groups is 1. The van der Waals surface area contributed by atoms with E-state index >= 15 is 0 Å². The van der Waals surface area contributed by atoms with Gasteiger partial charge in [0.25, 0.3) is 0 Å². The first-order valence-corrected chi connectivity index (χ1v) is 10.0. The molecule has 2 aliphatic rings. The van der Waals surface area contributed by atoms with E-state index < -0.39 is 91.4 Å². The smallest absolute Gasteiger partial charge is 0.324 e. The summed E-state index contributed by atoms with van der Waals surface area (Å²) in [5.41, 5.74) is 5.76. The molecule has 0 aliphatic carbocycles. The van der Waals surface area contributed by atoms with Gasteiger partial charge in [0.05, 0.1) is 6.61 Å². The second-order valence-corrected chi connectivity index (χ2v) is 9.26. The zero-order valence-corrected chi connectivity index (χ0v) is 17.9. The van der Waals surface area contributed by atoms with E-state index in [-0.39, 0.29) is 0 Å². The van der Waals surface area contributed by atoms with Crippen molar-refractivity contribution in [1.29, 1.82) is 0 Å². The lowest BCUT2D eigenvalue weighted by molar-refractivity contribution is -0.355. The van der Waals surface area contributed by atoms with Crippen LogP contribution in [0.5, 0.6) is 0 Å². The number of ether oxygens (including phenoxy) is 4. The fraction of sp³-hybridized carbons (Fsp3) is 0.941. The minimum Gasteiger partial charge on any atom is -0.462 e. The Labute approximate surface area is 183 Å². The van der Waals surface area contributed by atoms with Gasteiger partial charge in [-0.3, -0.25) is 4.79 Å². The zero-order chi connectivity index (χ0) is 23.7. The zero-order valence-electron chi connectivity index (χ0n) is 17.0. The van der Waals surface area contributed by atoms with Crippen molar-refractivity contribution in [1.82, 2.24) is 0 Å². The highest BCUT2D eigenvalue weighted by Crippen LogP contribution is 2.29. The van der Waals surface area contributed by atoms with E-state index in [0.717, 1.165) is 0 Å². The number of carbonyl (C=O) groups excluding carboxylic acids is 1. The number of aliphatic hydroxyl groups excluding tert-OH is 7. The van der Waals surface area contributed by atoms with Gasteiger partial charge in [-0.05, 0) is 13.8 Å². The topological polar surface area (TPSA) is 222 Å². The molecular weight excluding hydrogens is 442 g/mol. The Morgan fingerprint density at radius 3 is 2.16 bits per heavy atom. The van der Waals surface area contributed by atoms with Crippen molar-refractivity contribution >= 4 is 18.6 Å². The SMILES string of the molecule is CC(C)(S)[C@@H](N)C(=O)OC[C@H]1O[C@H](O)[C@H](O)[C@@H](O)C1O[C@@H]1O[C@H](CO)[C@H](O)[C@H](O)[C@H]1O. The van der Waals surface area contributed by atoms with Crippen LogP contribution in [0.3, 0.4) is 0 Å². The molecule has 14 heteroatoms. The molecule has 0 aromatic carbocycles. The van der Waals surface area contributed by atoms with Gasteiger partial charge in [-0.25, -0.2) is 0 Å².